The minimum absolute atomic E-state index is 0.115. The highest BCUT2D eigenvalue weighted by atomic mass is 16.5. The first kappa shape index (κ1) is 20.0. The molecular formula is C22H31N5O2. The van der Waals surface area contributed by atoms with E-state index in [4.69, 9.17) is 4.74 Å². The van der Waals surface area contributed by atoms with Gasteiger partial charge in [-0.15, -0.1) is 5.10 Å². The number of para-hydroxylation sites is 1. The van der Waals surface area contributed by atoms with Crippen LogP contribution in [-0.2, 0) is 4.74 Å². The maximum absolute atomic E-state index is 13.0. The van der Waals surface area contributed by atoms with Gasteiger partial charge in [-0.1, -0.05) is 37.3 Å². The Labute approximate surface area is 172 Å². The van der Waals surface area contributed by atoms with E-state index in [2.05, 4.69) is 34.4 Å². The minimum Gasteiger partial charge on any atom is -0.379 e. The number of carbonyl (C=O) groups excluding carboxylic acids is 1. The van der Waals surface area contributed by atoms with Crippen LogP contribution in [0.1, 0.15) is 55.2 Å². The number of ether oxygens (including phenoxy) is 1. The summed E-state index contributed by atoms with van der Waals surface area (Å²) in [5.74, 6) is 0.827. The number of morpholine rings is 1. The van der Waals surface area contributed by atoms with Crippen LogP contribution in [0.5, 0.6) is 0 Å². The van der Waals surface area contributed by atoms with Crippen LogP contribution >= 0.6 is 0 Å². The van der Waals surface area contributed by atoms with Crippen molar-refractivity contribution in [3.63, 3.8) is 0 Å². The fourth-order valence-electron chi connectivity index (χ4n) is 4.08. The lowest BCUT2D eigenvalue weighted by atomic mass is 10.0. The van der Waals surface area contributed by atoms with Gasteiger partial charge in [-0.25, -0.2) is 4.68 Å². The lowest BCUT2D eigenvalue weighted by molar-refractivity contribution is 0.0124. The summed E-state index contributed by atoms with van der Waals surface area (Å²) < 4.78 is 7.33. The fourth-order valence-corrected chi connectivity index (χ4v) is 4.08. The summed E-state index contributed by atoms with van der Waals surface area (Å²) in [5, 5.41) is 11.7. The van der Waals surface area contributed by atoms with E-state index in [0.29, 0.717) is 30.1 Å². The van der Waals surface area contributed by atoms with Crippen molar-refractivity contribution < 1.29 is 9.53 Å². The number of rotatable bonds is 8. The molecule has 7 heteroatoms. The molecule has 4 rings (SSSR count). The van der Waals surface area contributed by atoms with E-state index >= 15 is 0 Å². The number of amides is 1. The van der Waals surface area contributed by atoms with Gasteiger partial charge in [0.2, 0.25) is 0 Å². The van der Waals surface area contributed by atoms with E-state index in [1.165, 1.54) is 0 Å². The van der Waals surface area contributed by atoms with Crippen molar-refractivity contribution in [3.05, 3.63) is 41.7 Å². The molecule has 156 valence electrons. The molecule has 2 fully saturated rings. The Bertz CT molecular complexity index is 810. The van der Waals surface area contributed by atoms with E-state index in [0.717, 1.165) is 56.9 Å². The highest BCUT2D eigenvalue weighted by Crippen LogP contribution is 2.41. The molecular weight excluding hydrogens is 366 g/mol. The molecule has 2 heterocycles. The quantitative estimate of drug-likeness (QED) is 0.741. The van der Waals surface area contributed by atoms with Crippen molar-refractivity contribution in [3.8, 4) is 5.69 Å². The predicted molar refractivity (Wildman–Crippen MR) is 111 cm³/mol. The van der Waals surface area contributed by atoms with Gasteiger partial charge in [0.15, 0.2) is 5.69 Å². The van der Waals surface area contributed by atoms with Gasteiger partial charge in [-0.3, -0.25) is 9.69 Å². The number of aromatic nitrogens is 3. The number of benzene rings is 1. The number of hydrogen-bond acceptors (Lipinski definition) is 5. The van der Waals surface area contributed by atoms with Crippen LogP contribution in [0.25, 0.3) is 5.69 Å². The number of nitrogens with zero attached hydrogens (tertiary/aromatic N) is 4. The lowest BCUT2D eigenvalue weighted by Gasteiger charge is -2.35. The van der Waals surface area contributed by atoms with Gasteiger partial charge < -0.3 is 10.1 Å². The van der Waals surface area contributed by atoms with Crippen LogP contribution in [0.2, 0.25) is 0 Å². The SMILES string of the molecule is CC(C)CC(CNC(=O)c1nnn(-c2ccccc2)c1C1CC1)N1CCOCC1. The first-order valence-corrected chi connectivity index (χ1v) is 10.7. The third-order valence-electron chi connectivity index (χ3n) is 5.69. The van der Waals surface area contributed by atoms with Crippen LogP contribution in [-0.4, -0.2) is 64.7 Å². The Morgan fingerprint density at radius 2 is 1.93 bits per heavy atom. The smallest absolute Gasteiger partial charge is 0.273 e. The Morgan fingerprint density at radius 3 is 2.59 bits per heavy atom. The topological polar surface area (TPSA) is 72.3 Å². The Hall–Kier alpha value is -2.25. The highest BCUT2D eigenvalue weighted by molar-refractivity contribution is 5.93. The summed E-state index contributed by atoms with van der Waals surface area (Å²) in [7, 11) is 0. The lowest BCUT2D eigenvalue weighted by Crippen LogP contribution is -2.49. The van der Waals surface area contributed by atoms with Crippen LogP contribution in [0, 0.1) is 5.92 Å². The van der Waals surface area contributed by atoms with Crippen molar-refractivity contribution in [2.75, 3.05) is 32.8 Å². The minimum atomic E-state index is -0.115. The first-order chi connectivity index (χ1) is 14.1. The summed E-state index contributed by atoms with van der Waals surface area (Å²) in [4.78, 5) is 15.5. The second-order valence-corrected chi connectivity index (χ2v) is 8.49. The summed E-state index contributed by atoms with van der Waals surface area (Å²) in [6.45, 7) is 8.45. The zero-order valence-electron chi connectivity index (χ0n) is 17.4. The second-order valence-electron chi connectivity index (χ2n) is 8.49. The average molecular weight is 398 g/mol. The molecule has 1 aliphatic heterocycles. The molecule has 1 aromatic heterocycles. The highest BCUT2D eigenvalue weighted by Gasteiger charge is 2.34. The molecule has 1 unspecified atom stereocenters. The molecule has 7 nitrogen and oxygen atoms in total. The van der Waals surface area contributed by atoms with Crippen molar-refractivity contribution in [2.24, 2.45) is 5.92 Å². The molecule has 2 aliphatic rings. The Kier molecular flexibility index (Phi) is 6.25. The summed E-state index contributed by atoms with van der Waals surface area (Å²) >= 11 is 0. The van der Waals surface area contributed by atoms with Crippen LogP contribution in [0.3, 0.4) is 0 Å². The second kappa shape index (κ2) is 9.05. The van der Waals surface area contributed by atoms with Crippen molar-refractivity contribution in [2.45, 2.75) is 45.1 Å². The van der Waals surface area contributed by atoms with E-state index < -0.39 is 0 Å². The largest absolute Gasteiger partial charge is 0.379 e. The summed E-state index contributed by atoms with van der Waals surface area (Å²) in [6.07, 6.45) is 3.22. The van der Waals surface area contributed by atoms with Gasteiger partial charge in [-0.05, 0) is 37.3 Å². The van der Waals surface area contributed by atoms with Crippen molar-refractivity contribution in [1.82, 2.24) is 25.2 Å². The molecule has 1 aliphatic carbocycles. The molecule has 1 atom stereocenters. The molecule has 0 radical (unpaired) electrons. The van der Waals surface area contributed by atoms with E-state index in [9.17, 15) is 4.79 Å². The van der Waals surface area contributed by atoms with Gasteiger partial charge in [0.1, 0.15) is 0 Å². The molecule has 1 amide bonds. The van der Waals surface area contributed by atoms with Gasteiger partial charge >= 0.3 is 0 Å². The molecule has 1 saturated carbocycles. The van der Waals surface area contributed by atoms with E-state index in [1.54, 1.807) is 0 Å². The maximum atomic E-state index is 13.0. The molecule has 1 saturated heterocycles. The van der Waals surface area contributed by atoms with Gasteiger partial charge in [0.05, 0.1) is 24.6 Å². The fraction of sp³-hybridized carbons (Fsp3) is 0.591. The van der Waals surface area contributed by atoms with E-state index in [-0.39, 0.29) is 5.91 Å². The predicted octanol–water partition coefficient (Wildman–Crippen LogP) is 2.62. The molecule has 2 aromatic rings. The monoisotopic (exact) mass is 397 g/mol. The zero-order chi connectivity index (χ0) is 20.2. The summed E-state index contributed by atoms with van der Waals surface area (Å²) in [6, 6.07) is 10.2. The molecule has 1 aromatic carbocycles. The van der Waals surface area contributed by atoms with Crippen molar-refractivity contribution in [1.29, 1.82) is 0 Å². The maximum Gasteiger partial charge on any atom is 0.273 e. The third-order valence-corrected chi connectivity index (χ3v) is 5.69. The number of hydrogen-bond donors (Lipinski definition) is 1. The molecule has 0 spiro atoms. The normalized spacial score (nSPS) is 18.7. The third kappa shape index (κ3) is 4.85. The van der Waals surface area contributed by atoms with Gasteiger partial charge in [0.25, 0.3) is 5.91 Å². The zero-order valence-corrected chi connectivity index (χ0v) is 17.4. The summed E-state index contributed by atoms with van der Waals surface area (Å²) in [5.41, 5.74) is 2.37. The number of nitrogens with one attached hydrogen (secondary N) is 1. The van der Waals surface area contributed by atoms with Crippen LogP contribution < -0.4 is 5.32 Å². The molecule has 1 N–H and O–H groups in total. The molecule has 0 bridgehead atoms. The number of carbonyl (C=O) groups is 1. The Morgan fingerprint density at radius 1 is 1.21 bits per heavy atom. The molecule has 29 heavy (non-hydrogen) atoms. The Balaban J connectivity index is 1.48. The van der Waals surface area contributed by atoms with E-state index in [1.807, 2.05) is 35.0 Å². The standard InChI is InChI=1S/C22H31N5O2/c1-16(2)14-19(26-10-12-29-13-11-26)15-23-22(28)20-21(17-8-9-17)27(25-24-20)18-6-4-3-5-7-18/h3-7,16-17,19H,8-15H2,1-2H3,(H,23,28). The first-order valence-electron chi connectivity index (χ1n) is 10.7. The van der Waals surface area contributed by atoms with Crippen LogP contribution in [0.4, 0.5) is 0 Å². The van der Waals surface area contributed by atoms with Gasteiger partial charge in [0, 0.05) is 31.6 Å². The average Bonchev–Trinajstić information content (AvgIpc) is 3.49. The van der Waals surface area contributed by atoms with Crippen LogP contribution in [0.15, 0.2) is 30.3 Å². The van der Waals surface area contributed by atoms with Gasteiger partial charge in [-0.2, -0.15) is 0 Å². The van der Waals surface area contributed by atoms with Crippen molar-refractivity contribution >= 4 is 5.91 Å².